The van der Waals surface area contributed by atoms with Crippen LogP contribution in [0.5, 0.6) is 5.75 Å². The zero-order chi connectivity index (χ0) is 19.6. The average Bonchev–Trinajstić information content (AvgIpc) is 3.09. The Kier molecular flexibility index (Phi) is 7.43. The number of carbonyl (C=O) groups is 2. The third kappa shape index (κ3) is 5.88. The molecule has 0 fully saturated rings. The van der Waals surface area contributed by atoms with E-state index in [1.807, 2.05) is 54.1 Å². The van der Waals surface area contributed by atoms with Crippen molar-refractivity contribution in [3.8, 4) is 5.75 Å². The van der Waals surface area contributed by atoms with Crippen LogP contribution in [0.3, 0.4) is 0 Å². The summed E-state index contributed by atoms with van der Waals surface area (Å²) in [6, 6.07) is 11.5. The van der Waals surface area contributed by atoms with Crippen LogP contribution in [0.25, 0.3) is 6.08 Å². The van der Waals surface area contributed by atoms with Crippen LogP contribution in [-0.4, -0.2) is 34.6 Å². The number of nitrogens with zero attached hydrogens (tertiary/aromatic N) is 1. The van der Waals surface area contributed by atoms with Crippen molar-refractivity contribution in [3.05, 3.63) is 71.8 Å². The molecule has 0 unspecified atom stereocenters. The minimum atomic E-state index is -0.921. The van der Waals surface area contributed by atoms with Crippen LogP contribution in [0, 0.1) is 0 Å². The summed E-state index contributed by atoms with van der Waals surface area (Å²) in [7, 11) is 0. The van der Waals surface area contributed by atoms with E-state index in [0.29, 0.717) is 13.2 Å². The van der Waals surface area contributed by atoms with E-state index >= 15 is 0 Å². The number of ketones is 1. The summed E-state index contributed by atoms with van der Waals surface area (Å²) in [5, 5.41) is 9.52. The molecule has 6 nitrogen and oxygen atoms in total. The summed E-state index contributed by atoms with van der Waals surface area (Å²) >= 11 is 0. The van der Waals surface area contributed by atoms with Crippen molar-refractivity contribution >= 4 is 17.8 Å². The first-order valence-corrected chi connectivity index (χ1v) is 8.70. The number of para-hydroxylation sites is 1. The van der Waals surface area contributed by atoms with Gasteiger partial charge < -0.3 is 19.1 Å². The second-order valence-corrected chi connectivity index (χ2v) is 5.59. The maximum absolute atomic E-state index is 11.9. The predicted molar refractivity (Wildman–Crippen MR) is 103 cm³/mol. The third-order valence-corrected chi connectivity index (χ3v) is 3.66. The van der Waals surface area contributed by atoms with E-state index in [1.54, 1.807) is 13.0 Å². The minimum absolute atomic E-state index is 0.123. The summed E-state index contributed by atoms with van der Waals surface area (Å²) in [5.74, 6) is -1.33. The molecule has 1 aromatic carbocycles. The van der Waals surface area contributed by atoms with E-state index < -0.39 is 17.5 Å². The number of aliphatic hydroxyl groups excluding tert-OH is 1. The Bertz CT molecular complexity index is 848. The van der Waals surface area contributed by atoms with Crippen LogP contribution in [0.15, 0.2) is 60.5 Å². The van der Waals surface area contributed by atoms with Gasteiger partial charge in [0.1, 0.15) is 5.75 Å². The van der Waals surface area contributed by atoms with Gasteiger partial charge in [-0.1, -0.05) is 18.2 Å². The van der Waals surface area contributed by atoms with Gasteiger partial charge in [-0.25, -0.2) is 4.79 Å². The number of aliphatic hydroxyl groups is 1. The number of rotatable bonds is 9. The second kappa shape index (κ2) is 10.0. The number of esters is 1. The van der Waals surface area contributed by atoms with E-state index in [0.717, 1.165) is 23.1 Å². The lowest BCUT2D eigenvalue weighted by Gasteiger charge is -2.12. The fourth-order valence-electron chi connectivity index (χ4n) is 2.45. The van der Waals surface area contributed by atoms with E-state index in [2.05, 4.69) is 4.74 Å². The Morgan fingerprint density at radius 1 is 1.11 bits per heavy atom. The molecule has 1 N–H and O–H groups in total. The van der Waals surface area contributed by atoms with Crippen molar-refractivity contribution in [1.29, 1.82) is 0 Å². The lowest BCUT2D eigenvalue weighted by atomic mass is 10.2. The molecule has 0 atom stereocenters. The Morgan fingerprint density at radius 3 is 2.63 bits per heavy atom. The molecule has 2 rings (SSSR count). The van der Waals surface area contributed by atoms with Crippen LogP contribution in [0.1, 0.15) is 25.1 Å². The van der Waals surface area contributed by atoms with Crippen molar-refractivity contribution in [3.63, 3.8) is 0 Å². The molecule has 0 aliphatic heterocycles. The zero-order valence-electron chi connectivity index (χ0n) is 15.4. The lowest BCUT2D eigenvalue weighted by molar-refractivity contribution is -0.141. The number of aromatic nitrogens is 1. The zero-order valence-corrected chi connectivity index (χ0v) is 15.4. The number of hydrogen-bond acceptors (Lipinski definition) is 5. The molecule has 0 radical (unpaired) electrons. The van der Waals surface area contributed by atoms with E-state index in [4.69, 9.17) is 4.74 Å². The minimum Gasteiger partial charge on any atom is -0.502 e. The highest BCUT2D eigenvalue weighted by Crippen LogP contribution is 2.20. The normalized spacial score (nSPS) is 11.6. The van der Waals surface area contributed by atoms with Crippen LogP contribution >= 0.6 is 0 Å². The molecule has 142 valence electrons. The van der Waals surface area contributed by atoms with E-state index in [9.17, 15) is 14.7 Å². The van der Waals surface area contributed by atoms with Crippen LogP contribution in [0.2, 0.25) is 0 Å². The van der Waals surface area contributed by atoms with Gasteiger partial charge in [-0.3, -0.25) is 4.79 Å². The van der Waals surface area contributed by atoms with Gasteiger partial charge in [0.05, 0.1) is 19.8 Å². The summed E-state index contributed by atoms with van der Waals surface area (Å²) in [6.07, 6.45) is 5.65. The molecule has 0 bridgehead atoms. The van der Waals surface area contributed by atoms with Crippen molar-refractivity contribution in [2.75, 3.05) is 13.2 Å². The van der Waals surface area contributed by atoms with Crippen LogP contribution < -0.4 is 4.74 Å². The largest absolute Gasteiger partial charge is 0.502 e. The number of benzene rings is 1. The molecular formula is C21H23NO5. The highest BCUT2D eigenvalue weighted by molar-refractivity contribution is 6.05. The Balaban J connectivity index is 2.11. The Hall–Kier alpha value is -3.28. The maximum Gasteiger partial charge on any atom is 0.373 e. The quantitative estimate of drug-likeness (QED) is 0.416. The summed E-state index contributed by atoms with van der Waals surface area (Å²) in [4.78, 5) is 23.2. The number of hydrogen-bond donors (Lipinski definition) is 1. The van der Waals surface area contributed by atoms with Gasteiger partial charge >= 0.3 is 5.97 Å². The lowest BCUT2D eigenvalue weighted by Crippen LogP contribution is -2.08. The number of ether oxygens (including phenoxy) is 2. The molecule has 2 aromatic rings. The van der Waals surface area contributed by atoms with E-state index in [-0.39, 0.29) is 6.61 Å². The predicted octanol–water partition coefficient (Wildman–Crippen LogP) is 3.52. The summed E-state index contributed by atoms with van der Waals surface area (Å²) in [6.45, 7) is 4.84. The van der Waals surface area contributed by atoms with Gasteiger partial charge in [-0.05, 0) is 44.2 Å². The van der Waals surface area contributed by atoms with Gasteiger partial charge in [0, 0.05) is 23.5 Å². The highest BCUT2D eigenvalue weighted by atomic mass is 16.5. The first kappa shape index (κ1) is 20.0. The van der Waals surface area contributed by atoms with Crippen LogP contribution in [0.4, 0.5) is 0 Å². The van der Waals surface area contributed by atoms with Gasteiger partial charge in [0.25, 0.3) is 0 Å². The molecule has 0 amide bonds. The topological polar surface area (TPSA) is 77.8 Å². The molecule has 0 aliphatic rings. The standard InChI is InChI=1S/C21H23NO5/c1-3-26-20-10-6-5-8-16(20)15-22-13-7-9-17(22)11-12-18(23)14-19(24)21(25)27-4-2/h5-14,24H,3-4,15H2,1-2H3/b12-11+,19-14-. The summed E-state index contributed by atoms with van der Waals surface area (Å²) < 4.78 is 12.2. The van der Waals surface area contributed by atoms with Crippen molar-refractivity contribution in [2.24, 2.45) is 0 Å². The van der Waals surface area contributed by atoms with Gasteiger partial charge in [-0.2, -0.15) is 0 Å². The molecular weight excluding hydrogens is 346 g/mol. The maximum atomic E-state index is 11.9. The molecule has 0 saturated heterocycles. The number of allylic oxidation sites excluding steroid dienone is 2. The van der Waals surface area contributed by atoms with Crippen molar-refractivity contribution in [1.82, 2.24) is 4.57 Å². The molecule has 0 aliphatic carbocycles. The monoisotopic (exact) mass is 369 g/mol. The fourth-order valence-corrected chi connectivity index (χ4v) is 2.45. The summed E-state index contributed by atoms with van der Waals surface area (Å²) in [5.41, 5.74) is 1.83. The Morgan fingerprint density at radius 2 is 1.89 bits per heavy atom. The van der Waals surface area contributed by atoms with Crippen molar-refractivity contribution < 1.29 is 24.2 Å². The Labute approximate surface area is 158 Å². The molecule has 1 aromatic heterocycles. The fraction of sp³-hybridized carbons (Fsp3) is 0.238. The molecule has 0 saturated carbocycles. The third-order valence-electron chi connectivity index (χ3n) is 3.66. The van der Waals surface area contributed by atoms with Crippen LogP contribution in [-0.2, 0) is 20.9 Å². The van der Waals surface area contributed by atoms with Gasteiger partial charge in [0.15, 0.2) is 5.78 Å². The first-order valence-electron chi connectivity index (χ1n) is 8.70. The SMILES string of the molecule is CCOC(=O)/C(O)=C/C(=O)/C=C/c1cccn1Cc1ccccc1OCC. The molecule has 0 spiro atoms. The molecule has 27 heavy (non-hydrogen) atoms. The van der Waals surface area contributed by atoms with Gasteiger partial charge in [0.2, 0.25) is 5.76 Å². The number of carbonyl (C=O) groups excluding carboxylic acids is 2. The van der Waals surface area contributed by atoms with Crippen molar-refractivity contribution in [2.45, 2.75) is 20.4 Å². The van der Waals surface area contributed by atoms with E-state index in [1.165, 1.54) is 6.08 Å². The smallest absolute Gasteiger partial charge is 0.373 e. The average molecular weight is 369 g/mol. The second-order valence-electron chi connectivity index (χ2n) is 5.59. The highest BCUT2D eigenvalue weighted by Gasteiger charge is 2.10. The first-order chi connectivity index (χ1) is 13.0. The molecule has 6 heteroatoms. The molecule has 1 heterocycles. The van der Waals surface area contributed by atoms with Gasteiger partial charge in [-0.15, -0.1) is 0 Å².